The van der Waals surface area contributed by atoms with E-state index in [1.807, 2.05) is 32.2 Å². The van der Waals surface area contributed by atoms with Crippen molar-refractivity contribution in [3.63, 3.8) is 0 Å². The van der Waals surface area contributed by atoms with Gasteiger partial charge in [-0.2, -0.15) is 0 Å². The van der Waals surface area contributed by atoms with Crippen molar-refractivity contribution in [2.45, 2.75) is 13.0 Å². The molecule has 0 fully saturated rings. The van der Waals surface area contributed by atoms with Crippen molar-refractivity contribution in [1.29, 1.82) is 0 Å². The average Bonchev–Trinajstić information content (AvgIpc) is 2.10. The number of aliphatic hydroxyl groups excluding tert-OH is 1. The minimum atomic E-state index is -0.00253. The Bertz CT molecular complexity index is 284. The fourth-order valence-corrected chi connectivity index (χ4v) is 1.60. The fraction of sp³-hybridized carbons (Fsp3) is 0.400. The maximum atomic E-state index is 9.08. The van der Waals surface area contributed by atoms with Crippen molar-refractivity contribution in [2.24, 2.45) is 0 Å². The van der Waals surface area contributed by atoms with Gasteiger partial charge in [-0.3, -0.25) is 0 Å². The SMILES string of the molecule is CNC(CO)c1ccc(Cl)cc1C. The van der Waals surface area contributed by atoms with Crippen LogP contribution in [0.1, 0.15) is 17.2 Å². The van der Waals surface area contributed by atoms with Gasteiger partial charge in [0.05, 0.1) is 12.6 Å². The smallest absolute Gasteiger partial charge is 0.0626 e. The van der Waals surface area contributed by atoms with Crippen LogP contribution >= 0.6 is 11.6 Å². The van der Waals surface area contributed by atoms with Crippen molar-refractivity contribution < 1.29 is 5.11 Å². The van der Waals surface area contributed by atoms with Crippen molar-refractivity contribution in [2.75, 3.05) is 13.7 Å². The van der Waals surface area contributed by atoms with Gasteiger partial charge in [0.1, 0.15) is 0 Å². The number of aryl methyl sites for hydroxylation is 1. The van der Waals surface area contributed by atoms with E-state index >= 15 is 0 Å². The van der Waals surface area contributed by atoms with Gasteiger partial charge in [0.15, 0.2) is 0 Å². The Morgan fingerprint density at radius 1 is 1.54 bits per heavy atom. The number of halogens is 1. The average molecular weight is 200 g/mol. The summed E-state index contributed by atoms with van der Waals surface area (Å²) in [5.41, 5.74) is 2.19. The first kappa shape index (κ1) is 10.5. The second-order valence-corrected chi connectivity index (χ2v) is 3.46. The highest BCUT2D eigenvalue weighted by molar-refractivity contribution is 6.30. The zero-order valence-electron chi connectivity index (χ0n) is 7.84. The molecule has 0 radical (unpaired) electrons. The molecular formula is C10H14ClNO. The number of nitrogens with one attached hydrogen (secondary N) is 1. The maximum absolute atomic E-state index is 9.08. The summed E-state index contributed by atoms with van der Waals surface area (Å²) in [6, 6.07) is 5.67. The minimum absolute atomic E-state index is 0.00253. The Hall–Kier alpha value is -0.570. The van der Waals surface area contributed by atoms with Gasteiger partial charge in [0.2, 0.25) is 0 Å². The number of benzene rings is 1. The Morgan fingerprint density at radius 2 is 2.23 bits per heavy atom. The number of hydrogen-bond donors (Lipinski definition) is 2. The molecule has 0 saturated heterocycles. The van der Waals surface area contributed by atoms with Gasteiger partial charge in [0.25, 0.3) is 0 Å². The molecule has 0 amide bonds. The van der Waals surface area contributed by atoms with Crippen LogP contribution in [0.15, 0.2) is 18.2 Å². The summed E-state index contributed by atoms with van der Waals surface area (Å²) in [6.07, 6.45) is 0. The molecule has 0 bridgehead atoms. The van der Waals surface area contributed by atoms with Crippen molar-refractivity contribution in [3.8, 4) is 0 Å². The Morgan fingerprint density at radius 3 is 2.69 bits per heavy atom. The van der Waals surface area contributed by atoms with E-state index in [2.05, 4.69) is 5.32 Å². The predicted molar refractivity (Wildman–Crippen MR) is 55.1 cm³/mol. The highest BCUT2D eigenvalue weighted by Gasteiger charge is 2.09. The van der Waals surface area contributed by atoms with Crippen LogP contribution in [0.4, 0.5) is 0 Å². The molecule has 3 heteroatoms. The van der Waals surface area contributed by atoms with Crippen LogP contribution in [-0.4, -0.2) is 18.8 Å². The van der Waals surface area contributed by atoms with E-state index < -0.39 is 0 Å². The van der Waals surface area contributed by atoms with E-state index in [0.29, 0.717) is 0 Å². The molecule has 72 valence electrons. The van der Waals surface area contributed by atoms with Crippen LogP contribution in [0.25, 0.3) is 0 Å². The number of hydrogen-bond acceptors (Lipinski definition) is 2. The van der Waals surface area contributed by atoms with Gasteiger partial charge >= 0.3 is 0 Å². The first-order chi connectivity index (χ1) is 6.19. The first-order valence-corrected chi connectivity index (χ1v) is 4.61. The predicted octanol–water partition coefficient (Wildman–Crippen LogP) is 1.90. The molecule has 0 aliphatic heterocycles. The van der Waals surface area contributed by atoms with Crippen molar-refractivity contribution >= 4 is 11.6 Å². The zero-order chi connectivity index (χ0) is 9.84. The number of aliphatic hydroxyl groups is 1. The second-order valence-electron chi connectivity index (χ2n) is 3.02. The molecule has 2 N–H and O–H groups in total. The lowest BCUT2D eigenvalue weighted by Crippen LogP contribution is -2.20. The molecule has 0 saturated carbocycles. The Balaban J connectivity index is 2.99. The highest BCUT2D eigenvalue weighted by atomic mass is 35.5. The third-order valence-electron chi connectivity index (χ3n) is 2.14. The van der Waals surface area contributed by atoms with Crippen LogP contribution in [0.2, 0.25) is 5.02 Å². The van der Waals surface area contributed by atoms with Crippen LogP contribution in [0.3, 0.4) is 0 Å². The lowest BCUT2D eigenvalue weighted by atomic mass is 10.0. The summed E-state index contributed by atoms with van der Waals surface area (Å²) in [5.74, 6) is 0. The summed E-state index contributed by atoms with van der Waals surface area (Å²) in [4.78, 5) is 0. The topological polar surface area (TPSA) is 32.3 Å². The van der Waals surface area contributed by atoms with Crippen LogP contribution in [0.5, 0.6) is 0 Å². The summed E-state index contributed by atoms with van der Waals surface area (Å²) < 4.78 is 0. The summed E-state index contributed by atoms with van der Waals surface area (Å²) in [7, 11) is 1.83. The lowest BCUT2D eigenvalue weighted by Gasteiger charge is -2.16. The minimum Gasteiger partial charge on any atom is -0.394 e. The summed E-state index contributed by atoms with van der Waals surface area (Å²) in [6.45, 7) is 2.08. The molecule has 0 aromatic heterocycles. The third-order valence-corrected chi connectivity index (χ3v) is 2.37. The third kappa shape index (κ3) is 2.44. The Labute approximate surface area is 83.5 Å². The molecular weight excluding hydrogens is 186 g/mol. The molecule has 1 atom stereocenters. The summed E-state index contributed by atoms with van der Waals surface area (Å²) >= 11 is 5.83. The van der Waals surface area contributed by atoms with Crippen LogP contribution in [-0.2, 0) is 0 Å². The van der Waals surface area contributed by atoms with Crippen LogP contribution < -0.4 is 5.32 Å². The maximum Gasteiger partial charge on any atom is 0.0626 e. The van der Waals surface area contributed by atoms with E-state index in [-0.39, 0.29) is 12.6 Å². The zero-order valence-corrected chi connectivity index (χ0v) is 8.60. The number of likely N-dealkylation sites (N-methyl/N-ethyl adjacent to an activating group) is 1. The van der Waals surface area contributed by atoms with E-state index in [4.69, 9.17) is 16.7 Å². The van der Waals surface area contributed by atoms with E-state index in [1.165, 1.54) is 0 Å². The normalized spacial score (nSPS) is 12.9. The number of rotatable bonds is 3. The lowest BCUT2D eigenvalue weighted by molar-refractivity contribution is 0.250. The molecule has 0 aliphatic carbocycles. The molecule has 1 unspecified atom stereocenters. The van der Waals surface area contributed by atoms with Crippen molar-refractivity contribution in [1.82, 2.24) is 5.32 Å². The molecule has 1 aromatic carbocycles. The molecule has 1 aromatic rings. The molecule has 1 rings (SSSR count). The molecule has 0 heterocycles. The second kappa shape index (κ2) is 4.61. The van der Waals surface area contributed by atoms with Gasteiger partial charge < -0.3 is 10.4 Å². The van der Waals surface area contributed by atoms with Gasteiger partial charge in [-0.05, 0) is 37.2 Å². The van der Waals surface area contributed by atoms with Gasteiger partial charge in [-0.1, -0.05) is 17.7 Å². The fourth-order valence-electron chi connectivity index (χ4n) is 1.38. The largest absolute Gasteiger partial charge is 0.394 e. The van der Waals surface area contributed by atoms with E-state index in [0.717, 1.165) is 16.1 Å². The van der Waals surface area contributed by atoms with E-state index in [9.17, 15) is 0 Å². The molecule has 13 heavy (non-hydrogen) atoms. The Kier molecular flexibility index (Phi) is 3.72. The quantitative estimate of drug-likeness (QED) is 0.780. The highest BCUT2D eigenvalue weighted by Crippen LogP contribution is 2.20. The van der Waals surface area contributed by atoms with Gasteiger partial charge in [0, 0.05) is 5.02 Å². The molecule has 2 nitrogen and oxygen atoms in total. The van der Waals surface area contributed by atoms with E-state index in [1.54, 1.807) is 0 Å². The molecule has 0 aliphatic rings. The van der Waals surface area contributed by atoms with Crippen molar-refractivity contribution in [3.05, 3.63) is 34.3 Å². The van der Waals surface area contributed by atoms with Gasteiger partial charge in [-0.25, -0.2) is 0 Å². The van der Waals surface area contributed by atoms with Gasteiger partial charge in [-0.15, -0.1) is 0 Å². The van der Waals surface area contributed by atoms with Crippen LogP contribution in [0, 0.1) is 6.92 Å². The monoisotopic (exact) mass is 199 g/mol. The first-order valence-electron chi connectivity index (χ1n) is 4.23. The standard InChI is InChI=1S/C10H14ClNO/c1-7-5-8(11)3-4-9(7)10(6-13)12-2/h3-5,10,12-13H,6H2,1-2H3. The summed E-state index contributed by atoms with van der Waals surface area (Å²) in [5, 5.41) is 12.8. The molecule has 0 spiro atoms.